The highest BCUT2D eigenvalue weighted by Crippen LogP contribution is 2.70. The van der Waals surface area contributed by atoms with Gasteiger partial charge in [0.15, 0.2) is 5.60 Å². The highest BCUT2D eigenvalue weighted by atomic mass is 19.3. The van der Waals surface area contributed by atoms with Crippen LogP contribution in [0.4, 0.5) is 8.78 Å². The van der Waals surface area contributed by atoms with Gasteiger partial charge in [-0.15, -0.1) is 0 Å². The Kier molecular flexibility index (Phi) is 6.25. The van der Waals surface area contributed by atoms with Crippen LogP contribution in [-0.4, -0.2) is 47.7 Å². The molecule has 4 atom stereocenters. The molecule has 0 amide bonds. The quantitative estimate of drug-likeness (QED) is 0.492. The largest absolute Gasteiger partial charge is 0.481 e. The zero-order valence-corrected chi connectivity index (χ0v) is 22.0. The number of nitriles is 2. The van der Waals surface area contributed by atoms with Gasteiger partial charge in [0.2, 0.25) is 5.88 Å². The third-order valence-corrected chi connectivity index (χ3v) is 8.79. The maximum atomic E-state index is 14.0. The van der Waals surface area contributed by atoms with Crippen molar-refractivity contribution in [3.05, 3.63) is 88.6 Å². The van der Waals surface area contributed by atoms with Gasteiger partial charge >= 0.3 is 0 Å². The predicted molar refractivity (Wildman–Crippen MR) is 141 cm³/mol. The molecular weight excluding hydrogens is 514 g/mol. The first kappa shape index (κ1) is 26.2. The van der Waals surface area contributed by atoms with Gasteiger partial charge in [-0.25, -0.2) is 13.8 Å². The Bertz CT molecular complexity index is 1510. The van der Waals surface area contributed by atoms with E-state index in [0.717, 1.165) is 5.56 Å². The summed E-state index contributed by atoms with van der Waals surface area (Å²) in [6.07, 6.45) is 0.0328. The number of pyridine rings is 1. The molecule has 1 aromatic heterocycles. The SMILES string of the molecule is COc1nc(C#N)cc2c1C1(O)C(CN3CCC(F)(F)CC3)CC(c3ccccc3)C1(c1ccc(C#N)cc1)O2. The van der Waals surface area contributed by atoms with E-state index >= 15 is 0 Å². The van der Waals surface area contributed by atoms with Crippen molar-refractivity contribution in [2.24, 2.45) is 5.92 Å². The van der Waals surface area contributed by atoms with Crippen LogP contribution in [0.1, 0.15) is 53.1 Å². The molecule has 9 heteroatoms. The lowest BCUT2D eigenvalue weighted by Crippen LogP contribution is -2.53. The van der Waals surface area contributed by atoms with E-state index in [1.54, 1.807) is 24.3 Å². The van der Waals surface area contributed by atoms with Crippen molar-refractivity contribution in [1.82, 2.24) is 9.88 Å². The predicted octanol–water partition coefficient (Wildman–Crippen LogP) is 4.84. The van der Waals surface area contributed by atoms with Crippen molar-refractivity contribution < 1.29 is 23.4 Å². The van der Waals surface area contributed by atoms with Crippen molar-refractivity contribution in [2.45, 2.75) is 42.3 Å². The van der Waals surface area contributed by atoms with Crippen LogP contribution in [0.3, 0.4) is 0 Å². The van der Waals surface area contributed by atoms with Crippen LogP contribution in [0, 0.1) is 28.6 Å². The lowest BCUT2D eigenvalue weighted by molar-refractivity contribution is -0.135. The fourth-order valence-corrected chi connectivity index (χ4v) is 6.95. The second-order valence-corrected chi connectivity index (χ2v) is 10.8. The molecule has 2 aromatic carbocycles. The number of halogens is 2. The molecule has 1 saturated carbocycles. The summed E-state index contributed by atoms with van der Waals surface area (Å²) in [5.74, 6) is -3.11. The van der Waals surface area contributed by atoms with E-state index in [1.165, 1.54) is 13.2 Å². The van der Waals surface area contributed by atoms with Gasteiger partial charge in [0.25, 0.3) is 5.92 Å². The molecule has 2 aliphatic heterocycles. The molecule has 7 nitrogen and oxygen atoms in total. The van der Waals surface area contributed by atoms with Gasteiger partial charge in [0.1, 0.15) is 23.1 Å². The van der Waals surface area contributed by atoms with Crippen LogP contribution in [-0.2, 0) is 11.2 Å². The minimum Gasteiger partial charge on any atom is -0.481 e. The Morgan fingerprint density at radius 3 is 2.40 bits per heavy atom. The molecular formula is C31H28F2N4O3. The van der Waals surface area contributed by atoms with Crippen LogP contribution in [0.2, 0.25) is 0 Å². The highest BCUT2D eigenvalue weighted by molar-refractivity contribution is 5.59. The summed E-state index contributed by atoms with van der Waals surface area (Å²) >= 11 is 0. The van der Waals surface area contributed by atoms with E-state index in [1.807, 2.05) is 41.3 Å². The summed E-state index contributed by atoms with van der Waals surface area (Å²) in [5.41, 5.74) is -0.554. The number of likely N-dealkylation sites (tertiary alicyclic amines) is 1. The Labute approximate surface area is 231 Å². The van der Waals surface area contributed by atoms with E-state index in [0.29, 0.717) is 35.4 Å². The van der Waals surface area contributed by atoms with E-state index in [4.69, 9.17) is 9.47 Å². The van der Waals surface area contributed by atoms with Crippen LogP contribution in [0.25, 0.3) is 0 Å². The van der Waals surface area contributed by atoms with Crippen LogP contribution in [0.5, 0.6) is 11.6 Å². The molecule has 3 aliphatic rings. The van der Waals surface area contributed by atoms with Crippen LogP contribution in [0.15, 0.2) is 60.7 Å². The normalized spacial score (nSPS) is 28.6. The van der Waals surface area contributed by atoms with Gasteiger partial charge in [0.05, 0.1) is 24.3 Å². The number of aliphatic hydroxyl groups is 1. The van der Waals surface area contributed by atoms with Gasteiger partial charge in [0, 0.05) is 50.4 Å². The summed E-state index contributed by atoms with van der Waals surface area (Å²) < 4.78 is 40.5. The van der Waals surface area contributed by atoms with E-state index in [9.17, 15) is 24.4 Å². The van der Waals surface area contributed by atoms with E-state index in [-0.39, 0.29) is 43.4 Å². The monoisotopic (exact) mass is 542 g/mol. The second kappa shape index (κ2) is 9.55. The first-order valence-corrected chi connectivity index (χ1v) is 13.3. The van der Waals surface area contributed by atoms with Gasteiger partial charge in [-0.1, -0.05) is 42.5 Å². The lowest BCUT2D eigenvalue weighted by Gasteiger charge is -2.43. The van der Waals surface area contributed by atoms with Crippen molar-refractivity contribution in [2.75, 3.05) is 26.7 Å². The Morgan fingerprint density at radius 2 is 1.77 bits per heavy atom. The summed E-state index contributed by atoms with van der Waals surface area (Å²) in [6, 6.07) is 22.4. The van der Waals surface area contributed by atoms with Crippen molar-refractivity contribution in [3.63, 3.8) is 0 Å². The van der Waals surface area contributed by atoms with Crippen LogP contribution >= 0.6 is 0 Å². The number of hydrogen-bond acceptors (Lipinski definition) is 7. The fourth-order valence-electron chi connectivity index (χ4n) is 6.95. The number of benzene rings is 2. The molecule has 1 N–H and O–H groups in total. The molecule has 3 aromatic rings. The van der Waals surface area contributed by atoms with Gasteiger partial charge in [-0.3, -0.25) is 0 Å². The molecule has 0 radical (unpaired) electrons. The molecule has 204 valence electrons. The summed E-state index contributed by atoms with van der Waals surface area (Å²) in [6.45, 7) is 0.797. The first-order chi connectivity index (χ1) is 19.3. The molecule has 4 unspecified atom stereocenters. The number of ether oxygens (including phenoxy) is 2. The Hall–Kier alpha value is -4.05. The smallest absolute Gasteiger partial charge is 0.250 e. The number of nitrogens with zero attached hydrogens (tertiary/aromatic N) is 4. The Balaban J connectivity index is 1.57. The first-order valence-electron chi connectivity index (χ1n) is 13.3. The standard InChI is InChI=1S/C31H28F2N4O3/c1-39-28-27-26(16-24(18-35)36-28)40-31(22-9-7-20(17-34)8-10-22)25(21-5-3-2-4-6-21)15-23(30(27,31)38)19-37-13-11-29(32,33)12-14-37/h2-10,16,23,25,38H,11-15,19H2,1H3. The minimum atomic E-state index is -2.69. The number of hydrogen-bond donors (Lipinski definition) is 1. The second-order valence-electron chi connectivity index (χ2n) is 10.8. The maximum Gasteiger partial charge on any atom is 0.250 e. The minimum absolute atomic E-state index is 0.0835. The van der Waals surface area contributed by atoms with E-state index in [2.05, 4.69) is 11.1 Å². The van der Waals surface area contributed by atoms with Crippen molar-refractivity contribution in [1.29, 1.82) is 10.5 Å². The lowest BCUT2D eigenvalue weighted by atomic mass is 9.70. The average Bonchev–Trinajstić information content (AvgIpc) is 3.39. The molecule has 0 spiro atoms. The molecule has 3 heterocycles. The van der Waals surface area contributed by atoms with Gasteiger partial charge in [-0.2, -0.15) is 10.5 Å². The summed E-state index contributed by atoms with van der Waals surface area (Å²) in [7, 11) is 1.43. The summed E-state index contributed by atoms with van der Waals surface area (Å²) in [4.78, 5) is 6.34. The van der Waals surface area contributed by atoms with E-state index < -0.39 is 23.0 Å². The van der Waals surface area contributed by atoms with Crippen molar-refractivity contribution in [3.8, 4) is 23.8 Å². The number of fused-ring (bicyclic) bond motifs is 3. The summed E-state index contributed by atoms with van der Waals surface area (Å²) in [5, 5.41) is 32.2. The topological polar surface area (TPSA) is 102 Å². The maximum absolute atomic E-state index is 14.0. The van der Waals surface area contributed by atoms with Crippen LogP contribution < -0.4 is 9.47 Å². The Morgan fingerprint density at radius 1 is 1.07 bits per heavy atom. The fraction of sp³-hybridized carbons (Fsp3) is 0.387. The third kappa shape index (κ3) is 3.84. The molecule has 2 fully saturated rings. The number of rotatable bonds is 5. The molecule has 6 rings (SSSR count). The number of aromatic nitrogens is 1. The number of piperidine rings is 1. The average molecular weight is 543 g/mol. The molecule has 1 saturated heterocycles. The van der Waals surface area contributed by atoms with Gasteiger partial charge in [-0.05, 0) is 29.7 Å². The molecule has 40 heavy (non-hydrogen) atoms. The van der Waals surface area contributed by atoms with Gasteiger partial charge < -0.3 is 19.5 Å². The molecule has 0 bridgehead atoms. The highest BCUT2D eigenvalue weighted by Gasteiger charge is 2.73. The zero-order valence-electron chi connectivity index (χ0n) is 22.0. The number of alkyl halides is 2. The van der Waals surface area contributed by atoms with Crippen molar-refractivity contribution >= 4 is 0 Å². The molecule has 1 aliphatic carbocycles. The number of methoxy groups -OCH3 is 1. The zero-order chi connectivity index (χ0) is 28.1. The third-order valence-electron chi connectivity index (χ3n) is 8.79.